The van der Waals surface area contributed by atoms with E-state index in [2.05, 4.69) is 4.99 Å². The van der Waals surface area contributed by atoms with Gasteiger partial charge < -0.3 is 9.64 Å². The molecule has 2 fully saturated rings. The van der Waals surface area contributed by atoms with E-state index in [0.717, 1.165) is 5.56 Å². The maximum atomic E-state index is 12.3. The van der Waals surface area contributed by atoms with Crippen LogP contribution in [0.2, 0.25) is 0 Å². The Hall–Kier alpha value is -2.32. The van der Waals surface area contributed by atoms with Gasteiger partial charge in [-0.2, -0.15) is 4.99 Å². The van der Waals surface area contributed by atoms with Crippen LogP contribution in [-0.4, -0.2) is 53.8 Å². The third kappa shape index (κ3) is 4.39. The Morgan fingerprint density at radius 2 is 1.75 bits per heavy atom. The predicted octanol–water partition coefficient (Wildman–Crippen LogP) is 2.36. The molecule has 2 unspecified atom stereocenters. The standard InChI is InChI=1S/C20H20N2O4S2/c23-19(12-26-16-9-5-2-6-10-16)21-20-22(11-15-7-3-1-4-8-15)17-13-28(24,25)14-18(17)27-20/h1-10,17-18H,11-14H2. The number of sulfone groups is 1. The molecule has 0 radical (unpaired) electrons. The molecular weight excluding hydrogens is 396 g/mol. The zero-order valence-electron chi connectivity index (χ0n) is 15.1. The van der Waals surface area contributed by atoms with Gasteiger partial charge in [0.15, 0.2) is 21.6 Å². The van der Waals surface area contributed by atoms with Gasteiger partial charge in [-0.05, 0) is 17.7 Å². The number of nitrogens with zero attached hydrogens (tertiary/aromatic N) is 2. The van der Waals surface area contributed by atoms with Crippen molar-refractivity contribution in [2.45, 2.75) is 17.8 Å². The number of benzene rings is 2. The first-order chi connectivity index (χ1) is 13.5. The Bertz CT molecular complexity index is 978. The summed E-state index contributed by atoms with van der Waals surface area (Å²) in [6.07, 6.45) is 0. The van der Waals surface area contributed by atoms with Crippen LogP contribution < -0.4 is 4.74 Å². The van der Waals surface area contributed by atoms with Gasteiger partial charge >= 0.3 is 0 Å². The lowest BCUT2D eigenvalue weighted by Gasteiger charge is -2.24. The fourth-order valence-corrected chi connectivity index (χ4v) is 7.37. The molecule has 28 heavy (non-hydrogen) atoms. The fourth-order valence-electron chi connectivity index (χ4n) is 3.40. The molecule has 2 heterocycles. The molecule has 0 bridgehead atoms. The first-order valence-electron chi connectivity index (χ1n) is 8.97. The molecule has 2 aromatic rings. The van der Waals surface area contributed by atoms with E-state index in [0.29, 0.717) is 17.5 Å². The van der Waals surface area contributed by atoms with Crippen molar-refractivity contribution in [3.8, 4) is 5.75 Å². The van der Waals surface area contributed by atoms with E-state index >= 15 is 0 Å². The number of hydrogen-bond donors (Lipinski definition) is 0. The highest BCUT2D eigenvalue weighted by Crippen LogP contribution is 2.39. The van der Waals surface area contributed by atoms with Crippen LogP contribution in [0.15, 0.2) is 65.7 Å². The van der Waals surface area contributed by atoms with Crippen LogP contribution in [0.3, 0.4) is 0 Å². The number of thioether (sulfide) groups is 1. The minimum Gasteiger partial charge on any atom is -0.484 e. The molecule has 0 aromatic heterocycles. The Morgan fingerprint density at radius 3 is 2.46 bits per heavy atom. The molecule has 8 heteroatoms. The molecule has 2 saturated heterocycles. The van der Waals surface area contributed by atoms with Crippen molar-refractivity contribution in [3.05, 3.63) is 66.2 Å². The summed E-state index contributed by atoms with van der Waals surface area (Å²) in [7, 11) is -3.06. The smallest absolute Gasteiger partial charge is 0.285 e. The molecule has 0 N–H and O–H groups in total. The Kier molecular flexibility index (Phi) is 5.41. The molecular formula is C20H20N2O4S2. The number of carbonyl (C=O) groups excluding carboxylic acids is 1. The summed E-state index contributed by atoms with van der Waals surface area (Å²) in [5, 5.41) is 0.491. The predicted molar refractivity (Wildman–Crippen MR) is 110 cm³/mol. The SMILES string of the molecule is O=C(COc1ccccc1)N=C1SC2CS(=O)(=O)CC2N1Cc1ccccc1. The van der Waals surface area contributed by atoms with Crippen molar-refractivity contribution in [2.24, 2.45) is 4.99 Å². The van der Waals surface area contributed by atoms with E-state index in [9.17, 15) is 13.2 Å². The lowest BCUT2D eigenvalue weighted by atomic mass is 10.1. The molecule has 1 amide bonds. The zero-order chi connectivity index (χ0) is 19.6. The first kappa shape index (κ1) is 19.0. The van der Waals surface area contributed by atoms with Gasteiger partial charge in [0.05, 0.1) is 17.5 Å². The van der Waals surface area contributed by atoms with E-state index in [-0.39, 0.29) is 35.3 Å². The second kappa shape index (κ2) is 7.97. The van der Waals surface area contributed by atoms with E-state index in [1.165, 1.54) is 11.8 Å². The summed E-state index contributed by atoms with van der Waals surface area (Å²) < 4.78 is 29.6. The zero-order valence-corrected chi connectivity index (χ0v) is 16.7. The second-order valence-electron chi connectivity index (χ2n) is 6.80. The molecule has 0 aliphatic carbocycles. The van der Waals surface area contributed by atoms with Gasteiger partial charge in [0.25, 0.3) is 5.91 Å². The molecule has 2 aliphatic rings. The van der Waals surface area contributed by atoms with E-state index in [4.69, 9.17) is 4.74 Å². The van der Waals surface area contributed by atoms with Crippen LogP contribution in [0.4, 0.5) is 0 Å². The quantitative estimate of drug-likeness (QED) is 0.745. The highest BCUT2D eigenvalue weighted by Gasteiger charge is 2.48. The molecule has 6 nitrogen and oxygen atoms in total. The molecule has 2 atom stereocenters. The lowest BCUT2D eigenvalue weighted by Crippen LogP contribution is -2.37. The van der Waals surface area contributed by atoms with Crippen LogP contribution in [0, 0.1) is 0 Å². The van der Waals surface area contributed by atoms with Crippen LogP contribution >= 0.6 is 11.8 Å². The Morgan fingerprint density at radius 1 is 1.07 bits per heavy atom. The van der Waals surface area contributed by atoms with Gasteiger partial charge in [-0.25, -0.2) is 8.42 Å². The van der Waals surface area contributed by atoms with Gasteiger partial charge in [0, 0.05) is 11.8 Å². The molecule has 0 saturated carbocycles. The second-order valence-corrected chi connectivity index (χ2v) is 10.2. The average Bonchev–Trinajstić information content (AvgIpc) is 3.14. The van der Waals surface area contributed by atoms with Crippen molar-refractivity contribution >= 4 is 32.7 Å². The number of ether oxygens (including phenoxy) is 1. The number of amides is 1. The molecule has 4 rings (SSSR count). The lowest BCUT2D eigenvalue weighted by molar-refractivity contribution is -0.119. The van der Waals surface area contributed by atoms with E-state index in [1.807, 2.05) is 53.4 Å². The highest BCUT2D eigenvalue weighted by molar-refractivity contribution is 8.15. The number of para-hydroxylation sites is 1. The number of rotatable bonds is 5. The van der Waals surface area contributed by atoms with Crippen molar-refractivity contribution in [3.63, 3.8) is 0 Å². The minimum absolute atomic E-state index is 0.0877. The van der Waals surface area contributed by atoms with Crippen LogP contribution in [0.5, 0.6) is 5.75 Å². The van der Waals surface area contributed by atoms with Crippen molar-refractivity contribution < 1.29 is 17.9 Å². The van der Waals surface area contributed by atoms with Gasteiger partial charge in [-0.3, -0.25) is 4.79 Å². The van der Waals surface area contributed by atoms with Gasteiger partial charge in [-0.1, -0.05) is 60.3 Å². The molecule has 2 aliphatic heterocycles. The first-order valence-corrected chi connectivity index (χ1v) is 11.7. The summed E-state index contributed by atoms with van der Waals surface area (Å²) in [5.74, 6) is 0.457. The minimum atomic E-state index is -3.06. The fraction of sp³-hybridized carbons (Fsp3) is 0.300. The van der Waals surface area contributed by atoms with Crippen LogP contribution in [-0.2, 0) is 21.2 Å². The third-order valence-corrected chi connectivity index (χ3v) is 7.94. The summed E-state index contributed by atoms with van der Waals surface area (Å²) >= 11 is 1.38. The topological polar surface area (TPSA) is 76.0 Å². The summed E-state index contributed by atoms with van der Waals surface area (Å²) in [6, 6.07) is 18.7. The summed E-state index contributed by atoms with van der Waals surface area (Å²) in [5.41, 5.74) is 1.05. The normalized spacial score (nSPS) is 24.3. The highest BCUT2D eigenvalue weighted by atomic mass is 32.2. The van der Waals surface area contributed by atoms with Crippen molar-refractivity contribution in [1.82, 2.24) is 4.90 Å². The maximum absolute atomic E-state index is 12.3. The number of amidine groups is 1. The average molecular weight is 417 g/mol. The summed E-state index contributed by atoms with van der Waals surface area (Å²) in [6.45, 7) is 0.372. The van der Waals surface area contributed by atoms with Gasteiger partial charge in [0.1, 0.15) is 5.75 Å². The third-order valence-electron chi connectivity index (χ3n) is 4.70. The Balaban J connectivity index is 1.50. The maximum Gasteiger partial charge on any atom is 0.285 e. The molecule has 0 spiro atoms. The monoisotopic (exact) mass is 416 g/mol. The molecule has 2 aromatic carbocycles. The van der Waals surface area contributed by atoms with E-state index < -0.39 is 9.84 Å². The number of carbonyl (C=O) groups is 1. The number of aliphatic imine (C=N–C) groups is 1. The van der Waals surface area contributed by atoms with Gasteiger partial charge in [-0.15, -0.1) is 0 Å². The number of hydrogen-bond acceptors (Lipinski definition) is 5. The number of fused-ring (bicyclic) bond motifs is 1. The van der Waals surface area contributed by atoms with Crippen molar-refractivity contribution in [2.75, 3.05) is 18.1 Å². The van der Waals surface area contributed by atoms with Crippen molar-refractivity contribution in [1.29, 1.82) is 0 Å². The Labute approximate surface area is 168 Å². The van der Waals surface area contributed by atoms with E-state index in [1.54, 1.807) is 12.1 Å². The molecule has 146 valence electrons. The largest absolute Gasteiger partial charge is 0.484 e. The van der Waals surface area contributed by atoms with Gasteiger partial charge in [0.2, 0.25) is 0 Å². The summed E-state index contributed by atoms with van der Waals surface area (Å²) in [4.78, 5) is 18.5. The van der Waals surface area contributed by atoms with Crippen LogP contribution in [0.25, 0.3) is 0 Å². The van der Waals surface area contributed by atoms with Crippen LogP contribution in [0.1, 0.15) is 5.56 Å².